The van der Waals surface area contributed by atoms with E-state index < -0.39 is 0 Å². The number of aromatic nitrogens is 1. The maximum atomic E-state index is 13.2. The predicted molar refractivity (Wildman–Crippen MR) is 97.8 cm³/mol. The number of carbonyl (C=O) groups is 2. The highest BCUT2D eigenvalue weighted by atomic mass is 16.5. The Balaban J connectivity index is 2.01. The van der Waals surface area contributed by atoms with Crippen LogP contribution in [0.15, 0.2) is 34.9 Å². The van der Waals surface area contributed by atoms with Crippen LogP contribution in [0.4, 0.5) is 0 Å². The van der Waals surface area contributed by atoms with Gasteiger partial charge in [-0.15, -0.1) is 0 Å². The van der Waals surface area contributed by atoms with Crippen molar-refractivity contribution in [1.29, 1.82) is 0 Å². The monoisotopic (exact) mass is 363 g/mol. The van der Waals surface area contributed by atoms with Gasteiger partial charge >= 0.3 is 0 Å². The van der Waals surface area contributed by atoms with Crippen molar-refractivity contribution in [2.45, 2.75) is 13.8 Å². The summed E-state index contributed by atoms with van der Waals surface area (Å²) < 4.78 is 16.0. The Kier molecular flexibility index (Phi) is 3.84. The summed E-state index contributed by atoms with van der Waals surface area (Å²) >= 11 is 0. The highest BCUT2D eigenvalue weighted by molar-refractivity contribution is 6.30. The number of fused-ring (bicyclic) bond motifs is 2. The zero-order valence-electron chi connectivity index (χ0n) is 15.4. The summed E-state index contributed by atoms with van der Waals surface area (Å²) in [6, 6.07) is 8.43. The van der Waals surface area contributed by atoms with Gasteiger partial charge in [0.05, 0.1) is 31.0 Å². The third kappa shape index (κ3) is 2.37. The summed E-state index contributed by atoms with van der Waals surface area (Å²) in [6.45, 7) is 3.62. The van der Waals surface area contributed by atoms with Gasteiger partial charge in [-0.3, -0.25) is 9.59 Å². The van der Waals surface area contributed by atoms with Crippen LogP contribution >= 0.6 is 0 Å². The van der Waals surface area contributed by atoms with Crippen molar-refractivity contribution < 1.29 is 23.6 Å². The van der Waals surface area contributed by atoms with Crippen LogP contribution in [0.2, 0.25) is 0 Å². The minimum absolute atomic E-state index is 0.245. The molecule has 0 saturated heterocycles. The fraction of sp³-hybridized carbons (Fsp3) is 0.190. The molecule has 6 nitrogen and oxygen atoms in total. The molecule has 3 aromatic rings. The van der Waals surface area contributed by atoms with E-state index in [4.69, 9.17) is 14.0 Å². The Labute approximate surface area is 155 Å². The van der Waals surface area contributed by atoms with Crippen molar-refractivity contribution in [1.82, 2.24) is 5.16 Å². The van der Waals surface area contributed by atoms with E-state index in [1.54, 1.807) is 37.3 Å². The van der Waals surface area contributed by atoms with Crippen LogP contribution in [0.1, 0.15) is 43.3 Å². The molecule has 0 radical (unpaired) electrons. The largest absolute Gasteiger partial charge is 0.496 e. The normalized spacial score (nSPS) is 12.6. The van der Waals surface area contributed by atoms with Crippen LogP contribution in [-0.2, 0) is 0 Å². The lowest BCUT2D eigenvalue weighted by Crippen LogP contribution is -2.22. The van der Waals surface area contributed by atoms with Gasteiger partial charge in [0.2, 0.25) is 5.78 Å². The number of ketones is 2. The van der Waals surface area contributed by atoms with Gasteiger partial charge in [0.25, 0.3) is 0 Å². The Bertz CT molecular complexity index is 1090. The zero-order chi connectivity index (χ0) is 19.3. The number of ether oxygens (including phenoxy) is 2. The summed E-state index contributed by atoms with van der Waals surface area (Å²) in [5, 5.41) is 3.97. The molecule has 1 aliphatic carbocycles. The third-order valence-corrected chi connectivity index (χ3v) is 4.83. The fourth-order valence-corrected chi connectivity index (χ4v) is 3.62. The van der Waals surface area contributed by atoms with E-state index in [-0.39, 0.29) is 22.7 Å². The van der Waals surface area contributed by atoms with Crippen molar-refractivity contribution in [3.8, 4) is 22.6 Å². The van der Waals surface area contributed by atoms with Gasteiger partial charge in [0.15, 0.2) is 5.78 Å². The molecule has 27 heavy (non-hydrogen) atoms. The average Bonchev–Trinajstić information content (AvgIpc) is 3.02. The van der Waals surface area contributed by atoms with Crippen LogP contribution in [0, 0.1) is 13.8 Å². The van der Waals surface area contributed by atoms with Gasteiger partial charge in [-0.1, -0.05) is 17.3 Å². The Morgan fingerprint density at radius 3 is 2.19 bits per heavy atom. The van der Waals surface area contributed by atoms with E-state index in [0.29, 0.717) is 39.6 Å². The summed E-state index contributed by atoms with van der Waals surface area (Å²) in [4.78, 5) is 26.4. The molecule has 2 aromatic carbocycles. The SMILES string of the molecule is COc1cccc2c1C(=O)c1c(OC)cc(-c3c(C)noc3C)cc1C2=O. The Morgan fingerprint density at radius 2 is 1.56 bits per heavy atom. The number of nitrogens with zero attached hydrogens (tertiary/aromatic N) is 1. The number of hydrogen-bond acceptors (Lipinski definition) is 6. The van der Waals surface area contributed by atoms with Crippen LogP contribution in [-0.4, -0.2) is 30.9 Å². The lowest BCUT2D eigenvalue weighted by atomic mass is 9.81. The standard InChI is InChI=1S/C21H17NO5/c1-10-17(11(2)27-22-10)12-8-14-19(16(9-12)26-4)21(24)18-13(20(14)23)6-5-7-15(18)25-3/h5-9H,1-4H3. The minimum atomic E-state index is -0.292. The topological polar surface area (TPSA) is 78.6 Å². The number of carbonyl (C=O) groups excluding carboxylic acids is 2. The first kappa shape index (κ1) is 17.0. The van der Waals surface area contributed by atoms with Crippen LogP contribution < -0.4 is 9.47 Å². The summed E-state index contributed by atoms with van der Waals surface area (Å²) in [6.07, 6.45) is 0. The van der Waals surface area contributed by atoms with Gasteiger partial charge in [-0.25, -0.2) is 0 Å². The molecule has 0 unspecified atom stereocenters. The van der Waals surface area contributed by atoms with Crippen molar-refractivity contribution in [3.05, 3.63) is 64.0 Å². The molecular formula is C21H17NO5. The number of hydrogen-bond donors (Lipinski definition) is 0. The van der Waals surface area contributed by atoms with Gasteiger partial charge in [-0.05, 0) is 37.6 Å². The van der Waals surface area contributed by atoms with E-state index in [9.17, 15) is 9.59 Å². The number of aryl methyl sites for hydroxylation is 2. The molecule has 0 N–H and O–H groups in total. The fourth-order valence-electron chi connectivity index (χ4n) is 3.62. The molecule has 6 heteroatoms. The second-order valence-electron chi connectivity index (χ2n) is 6.34. The van der Waals surface area contributed by atoms with E-state index in [1.807, 2.05) is 6.92 Å². The van der Waals surface area contributed by atoms with Crippen LogP contribution in [0.5, 0.6) is 11.5 Å². The predicted octanol–water partition coefficient (Wildman–Crippen LogP) is 3.75. The molecule has 0 spiro atoms. The van der Waals surface area contributed by atoms with Gasteiger partial charge < -0.3 is 14.0 Å². The molecular weight excluding hydrogens is 346 g/mol. The molecule has 1 aliphatic rings. The lowest BCUT2D eigenvalue weighted by Gasteiger charge is -2.22. The van der Waals surface area contributed by atoms with Crippen LogP contribution in [0.25, 0.3) is 11.1 Å². The zero-order valence-corrected chi connectivity index (χ0v) is 15.4. The van der Waals surface area contributed by atoms with Crippen LogP contribution in [0.3, 0.4) is 0 Å². The third-order valence-electron chi connectivity index (χ3n) is 4.83. The molecule has 1 heterocycles. The van der Waals surface area contributed by atoms with E-state index >= 15 is 0 Å². The van der Waals surface area contributed by atoms with Crippen molar-refractivity contribution in [2.75, 3.05) is 14.2 Å². The maximum absolute atomic E-state index is 13.2. The smallest absolute Gasteiger partial charge is 0.201 e. The van der Waals surface area contributed by atoms with Gasteiger partial charge in [0.1, 0.15) is 17.3 Å². The van der Waals surface area contributed by atoms with Crippen molar-refractivity contribution in [3.63, 3.8) is 0 Å². The first-order chi connectivity index (χ1) is 13.0. The quantitative estimate of drug-likeness (QED) is 0.552. The van der Waals surface area contributed by atoms with Gasteiger partial charge in [-0.2, -0.15) is 0 Å². The molecule has 4 rings (SSSR count). The summed E-state index contributed by atoms with van der Waals surface area (Å²) in [5.74, 6) is 0.793. The number of benzene rings is 2. The molecule has 0 saturated carbocycles. The molecule has 0 amide bonds. The first-order valence-electron chi connectivity index (χ1n) is 8.39. The molecule has 0 atom stereocenters. The summed E-state index contributed by atoms with van der Waals surface area (Å²) in [5.41, 5.74) is 3.34. The molecule has 0 fully saturated rings. The molecule has 136 valence electrons. The highest BCUT2D eigenvalue weighted by Crippen LogP contribution is 2.40. The Morgan fingerprint density at radius 1 is 0.852 bits per heavy atom. The van der Waals surface area contributed by atoms with Crippen molar-refractivity contribution in [2.24, 2.45) is 0 Å². The summed E-state index contributed by atoms with van der Waals surface area (Å²) in [7, 11) is 2.95. The Hall–Kier alpha value is -3.41. The second kappa shape index (κ2) is 6.09. The highest BCUT2D eigenvalue weighted by Gasteiger charge is 2.35. The second-order valence-corrected chi connectivity index (χ2v) is 6.34. The minimum Gasteiger partial charge on any atom is -0.496 e. The van der Waals surface area contributed by atoms with E-state index in [0.717, 1.165) is 5.56 Å². The van der Waals surface area contributed by atoms with E-state index in [1.165, 1.54) is 14.2 Å². The molecule has 0 aliphatic heterocycles. The number of rotatable bonds is 3. The van der Waals surface area contributed by atoms with Crippen molar-refractivity contribution >= 4 is 11.6 Å². The van der Waals surface area contributed by atoms with Gasteiger partial charge in [0, 0.05) is 16.7 Å². The maximum Gasteiger partial charge on any atom is 0.201 e. The molecule has 0 bridgehead atoms. The van der Waals surface area contributed by atoms with E-state index in [2.05, 4.69) is 5.16 Å². The number of methoxy groups -OCH3 is 2. The molecule has 1 aromatic heterocycles. The lowest BCUT2D eigenvalue weighted by molar-refractivity contribution is 0.0974. The first-order valence-corrected chi connectivity index (χ1v) is 8.39. The average molecular weight is 363 g/mol.